The molecule has 1 amide bonds. The summed E-state index contributed by atoms with van der Waals surface area (Å²) >= 11 is 5.84. The standard InChI is InChI=1S/C18H13ClN2O3/c1-10(20-21-18(24)11-5-4-6-12(19)9-11)15-16(22)13-7-2-3-8-14(13)17(15)23/h2-9,15H,1H3,(H,21,24). The lowest BCUT2D eigenvalue weighted by atomic mass is 9.99. The Morgan fingerprint density at radius 1 is 1.04 bits per heavy atom. The van der Waals surface area contributed by atoms with Gasteiger partial charge in [0, 0.05) is 21.7 Å². The molecule has 0 atom stereocenters. The molecular weight excluding hydrogens is 328 g/mol. The van der Waals surface area contributed by atoms with Gasteiger partial charge in [0.2, 0.25) is 0 Å². The molecule has 0 bridgehead atoms. The van der Waals surface area contributed by atoms with E-state index in [0.29, 0.717) is 21.7 Å². The van der Waals surface area contributed by atoms with Gasteiger partial charge in [-0.15, -0.1) is 0 Å². The molecular formula is C18H13ClN2O3. The van der Waals surface area contributed by atoms with Crippen molar-refractivity contribution in [2.75, 3.05) is 0 Å². The van der Waals surface area contributed by atoms with Crippen molar-refractivity contribution in [1.82, 2.24) is 5.43 Å². The number of rotatable bonds is 3. The van der Waals surface area contributed by atoms with Gasteiger partial charge in [0.05, 0.1) is 5.71 Å². The predicted molar refractivity (Wildman–Crippen MR) is 90.6 cm³/mol. The average Bonchev–Trinajstić information content (AvgIpc) is 2.84. The van der Waals surface area contributed by atoms with Gasteiger partial charge in [0.1, 0.15) is 5.92 Å². The van der Waals surface area contributed by atoms with Crippen LogP contribution in [0.15, 0.2) is 53.6 Å². The number of hydrazone groups is 1. The molecule has 0 spiro atoms. The summed E-state index contributed by atoms with van der Waals surface area (Å²) in [7, 11) is 0. The Hall–Kier alpha value is -2.79. The van der Waals surface area contributed by atoms with E-state index in [9.17, 15) is 14.4 Å². The van der Waals surface area contributed by atoms with Crippen molar-refractivity contribution in [3.63, 3.8) is 0 Å². The quantitative estimate of drug-likeness (QED) is 0.530. The molecule has 0 heterocycles. The maximum Gasteiger partial charge on any atom is 0.271 e. The van der Waals surface area contributed by atoms with Crippen LogP contribution >= 0.6 is 11.6 Å². The first kappa shape index (κ1) is 16.1. The number of amides is 1. The fourth-order valence-corrected chi connectivity index (χ4v) is 2.81. The molecule has 1 aliphatic rings. The first-order valence-electron chi connectivity index (χ1n) is 7.26. The van der Waals surface area contributed by atoms with Crippen molar-refractivity contribution in [3.8, 4) is 0 Å². The first-order valence-corrected chi connectivity index (χ1v) is 7.64. The fourth-order valence-electron chi connectivity index (χ4n) is 2.62. The van der Waals surface area contributed by atoms with Crippen molar-refractivity contribution >= 4 is 34.8 Å². The van der Waals surface area contributed by atoms with Gasteiger partial charge in [-0.1, -0.05) is 41.9 Å². The largest absolute Gasteiger partial charge is 0.293 e. The van der Waals surface area contributed by atoms with Crippen LogP contribution in [0.3, 0.4) is 0 Å². The van der Waals surface area contributed by atoms with E-state index in [1.165, 1.54) is 6.07 Å². The van der Waals surface area contributed by atoms with Crippen LogP contribution in [0.4, 0.5) is 0 Å². The van der Waals surface area contributed by atoms with Crippen molar-refractivity contribution in [3.05, 3.63) is 70.2 Å². The number of halogens is 1. The van der Waals surface area contributed by atoms with Gasteiger partial charge in [-0.3, -0.25) is 14.4 Å². The Morgan fingerprint density at radius 3 is 2.25 bits per heavy atom. The molecule has 2 aromatic carbocycles. The van der Waals surface area contributed by atoms with Gasteiger partial charge in [-0.05, 0) is 25.1 Å². The number of nitrogens with one attached hydrogen (secondary N) is 1. The van der Waals surface area contributed by atoms with Crippen LogP contribution in [0.25, 0.3) is 0 Å². The van der Waals surface area contributed by atoms with Crippen LogP contribution in [0.2, 0.25) is 5.02 Å². The SMILES string of the molecule is CC(=NNC(=O)c1cccc(Cl)c1)C1C(=O)c2ccccc2C1=O. The second kappa shape index (κ2) is 6.37. The molecule has 1 N–H and O–H groups in total. The second-order valence-corrected chi connectivity index (χ2v) is 5.85. The summed E-state index contributed by atoms with van der Waals surface area (Å²) in [6.45, 7) is 1.55. The number of Topliss-reactive ketones (excluding diaryl/α,β-unsaturated/α-hetero) is 2. The topological polar surface area (TPSA) is 75.6 Å². The number of carbonyl (C=O) groups excluding carboxylic acids is 3. The average molecular weight is 341 g/mol. The lowest BCUT2D eigenvalue weighted by Gasteiger charge is -2.07. The van der Waals surface area contributed by atoms with Gasteiger partial charge < -0.3 is 0 Å². The molecule has 0 aliphatic heterocycles. The minimum atomic E-state index is -0.984. The molecule has 120 valence electrons. The summed E-state index contributed by atoms with van der Waals surface area (Å²) in [5, 5.41) is 4.36. The molecule has 0 saturated heterocycles. The first-order chi connectivity index (χ1) is 11.5. The van der Waals surface area contributed by atoms with Crippen molar-refractivity contribution in [2.24, 2.45) is 11.0 Å². The Balaban J connectivity index is 1.79. The molecule has 24 heavy (non-hydrogen) atoms. The summed E-state index contributed by atoms with van der Waals surface area (Å²) in [6.07, 6.45) is 0. The zero-order chi connectivity index (χ0) is 17.3. The molecule has 0 aromatic heterocycles. The third-order valence-electron chi connectivity index (χ3n) is 3.82. The summed E-state index contributed by atoms with van der Waals surface area (Å²) in [5.41, 5.74) is 3.73. The van der Waals surface area contributed by atoms with Crippen molar-refractivity contribution in [1.29, 1.82) is 0 Å². The van der Waals surface area contributed by atoms with Gasteiger partial charge in [0.25, 0.3) is 5.91 Å². The van der Waals surface area contributed by atoms with Crippen LogP contribution < -0.4 is 5.43 Å². The third-order valence-corrected chi connectivity index (χ3v) is 4.06. The number of hydrogen-bond donors (Lipinski definition) is 1. The number of nitrogens with zero attached hydrogens (tertiary/aromatic N) is 1. The van der Waals surface area contributed by atoms with E-state index in [1.54, 1.807) is 49.4 Å². The second-order valence-electron chi connectivity index (χ2n) is 5.41. The predicted octanol–water partition coefficient (Wildman–Crippen LogP) is 3.14. The number of ketones is 2. The third kappa shape index (κ3) is 2.86. The van der Waals surface area contributed by atoms with E-state index in [1.807, 2.05) is 0 Å². The summed E-state index contributed by atoms with van der Waals surface area (Å²) in [6, 6.07) is 13.0. The van der Waals surface area contributed by atoms with Gasteiger partial charge in [-0.2, -0.15) is 5.10 Å². The number of benzene rings is 2. The Bertz CT molecular complexity index is 854. The van der Waals surface area contributed by atoms with E-state index in [4.69, 9.17) is 11.6 Å². The van der Waals surface area contributed by atoms with Crippen LogP contribution in [-0.2, 0) is 0 Å². The zero-order valence-corrected chi connectivity index (χ0v) is 13.5. The maximum atomic E-state index is 12.4. The highest BCUT2D eigenvalue weighted by atomic mass is 35.5. The van der Waals surface area contributed by atoms with Crippen molar-refractivity contribution in [2.45, 2.75) is 6.92 Å². The summed E-state index contributed by atoms with van der Waals surface area (Å²) in [5.74, 6) is -2.04. The lowest BCUT2D eigenvalue weighted by molar-refractivity contribution is 0.0877. The van der Waals surface area contributed by atoms with Crippen LogP contribution in [0.5, 0.6) is 0 Å². The Morgan fingerprint density at radius 2 is 1.67 bits per heavy atom. The van der Waals surface area contributed by atoms with E-state index >= 15 is 0 Å². The van der Waals surface area contributed by atoms with Crippen LogP contribution in [-0.4, -0.2) is 23.2 Å². The Labute approximate surface area is 143 Å². The van der Waals surface area contributed by atoms with Gasteiger partial charge in [0.15, 0.2) is 11.6 Å². The molecule has 0 saturated carbocycles. The van der Waals surface area contributed by atoms with Crippen LogP contribution in [0, 0.1) is 5.92 Å². The normalized spacial score (nSPS) is 14.7. The Kier molecular flexibility index (Phi) is 4.27. The maximum absolute atomic E-state index is 12.4. The van der Waals surface area contributed by atoms with Crippen molar-refractivity contribution < 1.29 is 14.4 Å². The number of hydrogen-bond acceptors (Lipinski definition) is 4. The molecule has 6 heteroatoms. The molecule has 0 unspecified atom stereocenters. The van der Waals surface area contributed by atoms with E-state index < -0.39 is 11.8 Å². The highest BCUT2D eigenvalue weighted by Gasteiger charge is 2.40. The molecule has 0 fully saturated rings. The van der Waals surface area contributed by atoms with Gasteiger partial charge >= 0.3 is 0 Å². The number of fused-ring (bicyclic) bond motifs is 1. The highest BCUT2D eigenvalue weighted by molar-refractivity contribution is 6.36. The van der Waals surface area contributed by atoms with E-state index in [-0.39, 0.29) is 17.3 Å². The highest BCUT2D eigenvalue weighted by Crippen LogP contribution is 2.27. The molecule has 3 rings (SSSR count). The molecule has 2 aromatic rings. The molecule has 1 aliphatic carbocycles. The van der Waals surface area contributed by atoms with E-state index in [2.05, 4.69) is 10.5 Å². The minimum absolute atomic E-state index is 0.247. The molecule has 0 radical (unpaired) electrons. The van der Waals surface area contributed by atoms with Gasteiger partial charge in [-0.25, -0.2) is 5.43 Å². The monoisotopic (exact) mass is 340 g/mol. The lowest BCUT2D eigenvalue weighted by Crippen LogP contribution is -2.27. The minimum Gasteiger partial charge on any atom is -0.293 e. The summed E-state index contributed by atoms with van der Waals surface area (Å²) < 4.78 is 0. The van der Waals surface area contributed by atoms with Crippen LogP contribution in [0.1, 0.15) is 38.0 Å². The fraction of sp³-hybridized carbons (Fsp3) is 0.111. The smallest absolute Gasteiger partial charge is 0.271 e. The molecule has 5 nitrogen and oxygen atoms in total. The van der Waals surface area contributed by atoms with E-state index in [0.717, 1.165) is 0 Å². The number of carbonyl (C=O) groups is 3. The summed E-state index contributed by atoms with van der Waals surface area (Å²) in [4.78, 5) is 36.8. The zero-order valence-electron chi connectivity index (χ0n) is 12.7.